The van der Waals surface area contributed by atoms with Crippen LogP contribution in [0.1, 0.15) is 0 Å². The van der Waals surface area contributed by atoms with Gasteiger partial charge < -0.3 is 4.74 Å². The summed E-state index contributed by atoms with van der Waals surface area (Å²) in [4.78, 5) is -0.0776. The summed E-state index contributed by atoms with van der Waals surface area (Å²) in [6.07, 6.45) is -2.57. The summed E-state index contributed by atoms with van der Waals surface area (Å²) in [5.74, 6) is 0. The van der Waals surface area contributed by atoms with Gasteiger partial charge in [0.1, 0.15) is 11.5 Å². The molecule has 19 heavy (non-hydrogen) atoms. The van der Waals surface area contributed by atoms with Crippen molar-refractivity contribution in [2.45, 2.75) is 11.3 Å². The molecular weight excluding hydrogens is 368 g/mol. The van der Waals surface area contributed by atoms with Gasteiger partial charge in [-0.2, -0.15) is 0 Å². The summed E-state index contributed by atoms with van der Waals surface area (Å²) in [5, 5.41) is 0.0652. The summed E-state index contributed by atoms with van der Waals surface area (Å²) >= 11 is 8.98. The molecule has 0 amide bonds. The topological polar surface area (TPSA) is 55.4 Å². The number of halogens is 4. The first kappa shape index (κ1) is 16.8. The van der Waals surface area contributed by atoms with Crippen LogP contribution in [0.25, 0.3) is 0 Å². The zero-order valence-corrected chi connectivity index (χ0v) is 12.7. The van der Waals surface area contributed by atoms with E-state index in [2.05, 4.69) is 25.4 Å². The SMILES string of the molecule is O=S(=O)(NCCOCC(F)F)c1ccc(Br)cc1Cl. The smallest absolute Gasteiger partial charge is 0.261 e. The summed E-state index contributed by atoms with van der Waals surface area (Å²) in [6, 6.07) is 4.33. The van der Waals surface area contributed by atoms with Gasteiger partial charge in [-0.15, -0.1) is 0 Å². The molecule has 4 nitrogen and oxygen atoms in total. The second kappa shape index (κ2) is 7.49. The van der Waals surface area contributed by atoms with Crippen LogP contribution in [0.2, 0.25) is 5.02 Å². The zero-order valence-electron chi connectivity index (χ0n) is 9.58. The lowest BCUT2D eigenvalue weighted by Gasteiger charge is -2.09. The number of sulfonamides is 1. The van der Waals surface area contributed by atoms with Crippen LogP contribution in [0, 0.1) is 0 Å². The Balaban J connectivity index is 2.56. The van der Waals surface area contributed by atoms with E-state index in [-0.39, 0.29) is 23.1 Å². The van der Waals surface area contributed by atoms with Gasteiger partial charge in [0.15, 0.2) is 0 Å². The molecule has 0 aliphatic heterocycles. The molecule has 1 N–H and O–H groups in total. The molecule has 0 heterocycles. The van der Waals surface area contributed by atoms with Crippen LogP contribution in [-0.2, 0) is 14.8 Å². The maximum absolute atomic E-state index is 11.8. The van der Waals surface area contributed by atoms with E-state index in [1.807, 2.05) is 0 Å². The average molecular weight is 379 g/mol. The van der Waals surface area contributed by atoms with Crippen LogP contribution in [0.4, 0.5) is 8.78 Å². The summed E-state index contributed by atoms with van der Waals surface area (Å²) in [6.45, 7) is -0.972. The quantitative estimate of drug-likeness (QED) is 0.742. The minimum absolute atomic E-state index is 0.0652. The maximum atomic E-state index is 11.8. The van der Waals surface area contributed by atoms with Gasteiger partial charge in [-0.25, -0.2) is 21.9 Å². The highest BCUT2D eigenvalue weighted by Crippen LogP contribution is 2.24. The van der Waals surface area contributed by atoms with Gasteiger partial charge in [-0.3, -0.25) is 0 Å². The van der Waals surface area contributed by atoms with Crippen LogP contribution >= 0.6 is 27.5 Å². The molecule has 0 radical (unpaired) electrons. The number of hydrogen-bond acceptors (Lipinski definition) is 3. The molecule has 0 aliphatic rings. The normalized spacial score (nSPS) is 12.1. The van der Waals surface area contributed by atoms with Gasteiger partial charge in [0.25, 0.3) is 6.43 Å². The predicted molar refractivity (Wildman–Crippen MR) is 71.2 cm³/mol. The minimum atomic E-state index is -3.78. The van der Waals surface area contributed by atoms with Crippen molar-refractivity contribution in [2.24, 2.45) is 0 Å². The lowest BCUT2D eigenvalue weighted by Crippen LogP contribution is -2.28. The monoisotopic (exact) mass is 377 g/mol. The van der Waals surface area contributed by atoms with Gasteiger partial charge >= 0.3 is 0 Å². The fraction of sp³-hybridized carbons (Fsp3) is 0.400. The Labute approximate surface area is 123 Å². The number of rotatable bonds is 7. The summed E-state index contributed by atoms with van der Waals surface area (Å²) < 4.78 is 54.6. The standard InChI is InChI=1S/C10H11BrClF2NO3S/c11-7-1-2-9(8(12)5-7)19(16,17)15-3-4-18-6-10(13)14/h1-2,5,10,15H,3-4,6H2. The van der Waals surface area contributed by atoms with E-state index in [4.69, 9.17) is 11.6 Å². The number of nitrogens with one attached hydrogen (secondary N) is 1. The van der Waals surface area contributed by atoms with E-state index in [9.17, 15) is 17.2 Å². The van der Waals surface area contributed by atoms with Crippen LogP contribution in [0.3, 0.4) is 0 Å². The van der Waals surface area contributed by atoms with E-state index < -0.39 is 23.1 Å². The zero-order chi connectivity index (χ0) is 14.5. The average Bonchev–Trinajstić information content (AvgIpc) is 2.27. The minimum Gasteiger partial charge on any atom is -0.374 e. The Bertz CT molecular complexity index is 528. The first-order valence-electron chi connectivity index (χ1n) is 5.13. The Morgan fingerprint density at radius 2 is 2.11 bits per heavy atom. The number of benzene rings is 1. The van der Waals surface area contributed by atoms with Crippen LogP contribution in [0.5, 0.6) is 0 Å². The van der Waals surface area contributed by atoms with E-state index >= 15 is 0 Å². The Hall–Kier alpha value is -0.280. The second-order valence-electron chi connectivity index (χ2n) is 3.44. The molecule has 0 saturated carbocycles. The van der Waals surface area contributed by atoms with Crippen molar-refractivity contribution in [1.82, 2.24) is 4.72 Å². The lowest BCUT2D eigenvalue weighted by atomic mass is 10.4. The Morgan fingerprint density at radius 1 is 1.42 bits per heavy atom. The highest BCUT2D eigenvalue weighted by atomic mass is 79.9. The first-order valence-corrected chi connectivity index (χ1v) is 7.79. The predicted octanol–water partition coefficient (Wildman–Crippen LogP) is 2.66. The molecule has 0 fully saturated rings. The van der Waals surface area contributed by atoms with Crippen LogP contribution in [0.15, 0.2) is 27.6 Å². The van der Waals surface area contributed by atoms with E-state index in [0.717, 1.165) is 0 Å². The molecule has 1 rings (SSSR count). The highest BCUT2D eigenvalue weighted by molar-refractivity contribution is 9.10. The number of alkyl halides is 2. The highest BCUT2D eigenvalue weighted by Gasteiger charge is 2.17. The fourth-order valence-electron chi connectivity index (χ4n) is 1.19. The third kappa shape index (κ3) is 5.70. The van der Waals surface area contributed by atoms with Gasteiger partial charge in [0, 0.05) is 11.0 Å². The van der Waals surface area contributed by atoms with Crippen molar-refractivity contribution in [3.05, 3.63) is 27.7 Å². The lowest BCUT2D eigenvalue weighted by molar-refractivity contribution is 0.0199. The molecule has 0 bridgehead atoms. The summed E-state index contributed by atoms with van der Waals surface area (Å²) in [5.41, 5.74) is 0. The fourth-order valence-corrected chi connectivity index (χ4v) is 3.24. The van der Waals surface area contributed by atoms with Crippen LogP contribution in [-0.4, -0.2) is 34.6 Å². The van der Waals surface area contributed by atoms with Gasteiger partial charge in [0.05, 0.1) is 11.6 Å². The van der Waals surface area contributed by atoms with Crippen molar-refractivity contribution in [3.63, 3.8) is 0 Å². The second-order valence-corrected chi connectivity index (χ2v) is 6.50. The van der Waals surface area contributed by atoms with Gasteiger partial charge in [-0.1, -0.05) is 27.5 Å². The summed E-state index contributed by atoms with van der Waals surface area (Å²) in [7, 11) is -3.78. The largest absolute Gasteiger partial charge is 0.374 e. The van der Waals surface area contributed by atoms with Crippen molar-refractivity contribution in [2.75, 3.05) is 19.8 Å². The first-order chi connectivity index (χ1) is 8.83. The van der Waals surface area contributed by atoms with Crippen molar-refractivity contribution >= 4 is 37.6 Å². The third-order valence-electron chi connectivity index (χ3n) is 1.97. The molecule has 1 aromatic rings. The number of ether oxygens (including phenoxy) is 1. The van der Waals surface area contributed by atoms with E-state index in [1.54, 1.807) is 0 Å². The van der Waals surface area contributed by atoms with Gasteiger partial charge in [-0.05, 0) is 18.2 Å². The molecular formula is C10H11BrClF2NO3S. The molecule has 1 aromatic carbocycles. The van der Waals surface area contributed by atoms with Crippen molar-refractivity contribution in [1.29, 1.82) is 0 Å². The molecule has 9 heteroatoms. The van der Waals surface area contributed by atoms with E-state index in [1.165, 1.54) is 18.2 Å². The molecule has 0 unspecified atom stereocenters. The molecule has 0 aromatic heterocycles. The molecule has 108 valence electrons. The molecule has 0 spiro atoms. The molecule has 0 aliphatic carbocycles. The van der Waals surface area contributed by atoms with E-state index in [0.29, 0.717) is 4.47 Å². The Morgan fingerprint density at radius 3 is 2.68 bits per heavy atom. The van der Waals surface area contributed by atoms with Crippen molar-refractivity contribution < 1.29 is 21.9 Å². The van der Waals surface area contributed by atoms with Crippen LogP contribution < -0.4 is 4.72 Å². The number of hydrogen-bond donors (Lipinski definition) is 1. The third-order valence-corrected chi connectivity index (χ3v) is 4.40. The molecule has 0 atom stereocenters. The maximum Gasteiger partial charge on any atom is 0.261 e. The Kier molecular flexibility index (Phi) is 6.61. The van der Waals surface area contributed by atoms with Crippen molar-refractivity contribution in [3.8, 4) is 0 Å². The molecule has 0 saturated heterocycles. The van der Waals surface area contributed by atoms with Gasteiger partial charge in [0.2, 0.25) is 10.0 Å².